The SMILES string of the molecule is Cc1ccccc1C(N)c1cc(C)c2c(c1)CC(=O)N2. The minimum atomic E-state index is -0.157. The van der Waals surface area contributed by atoms with Gasteiger partial charge < -0.3 is 11.1 Å². The van der Waals surface area contributed by atoms with E-state index >= 15 is 0 Å². The molecular weight excluding hydrogens is 248 g/mol. The van der Waals surface area contributed by atoms with E-state index in [0.717, 1.165) is 27.9 Å². The summed E-state index contributed by atoms with van der Waals surface area (Å²) < 4.78 is 0. The van der Waals surface area contributed by atoms with Crippen molar-refractivity contribution in [2.75, 3.05) is 5.32 Å². The van der Waals surface area contributed by atoms with E-state index in [4.69, 9.17) is 5.73 Å². The lowest BCUT2D eigenvalue weighted by Gasteiger charge is -2.17. The van der Waals surface area contributed by atoms with Gasteiger partial charge in [0, 0.05) is 5.69 Å². The van der Waals surface area contributed by atoms with Crippen LogP contribution in [0.2, 0.25) is 0 Å². The molecule has 102 valence electrons. The number of carbonyl (C=O) groups is 1. The summed E-state index contributed by atoms with van der Waals surface area (Å²) in [5, 5.41) is 2.90. The predicted octanol–water partition coefficient (Wildman–Crippen LogP) is 2.85. The number of fused-ring (bicyclic) bond motifs is 1. The van der Waals surface area contributed by atoms with Crippen LogP contribution >= 0.6 is 0 Å². The average Bonchev–Trinajstić information content (AvgIpc) is 2.79. The third-order valence-corrected chi connectivity index (χ3v) is 3.94. The zero-order chi connectivity index (χ0) is 14.3. The van der Waals surface area contributed by atoms with Crippen LogP contribution in [-0.4, -0.2) is 5.91 Å². The maximum atomic E-state index is 11.5. The molecule has 0 aliphatic carbocycles. The molecule has 3 rings (SSSR count). The summed E-state index contributed by atoms with van der Waals surface area (Å²) in [5.41, 5.74) is 12.9. The first-order chi connectivity index (χ1) is 9.56. The van der Waals surface area contributed by atoms with Crippen molar-refractivity contribution < 1.29 is 4.79 Å². The van der Waals surface area contributed by atoms with Gasteiger partial charge in [0.1, 0.15) is 0 Å². The fraction of sp³-hybridized carbons (Fsp3) is 0.235. The van der Waals surface area contributed by atoms with Crippen molar-refractivity contribution in [1.29, 1.82) is 0 Å². The van der Waals surface area contributed by atoms with E-state index in [-0.39, 0.29) is 11.9 Å². The molecule has 0 aromatic heterocycles. The van der Waals surface area contributed by atoms with Gasteiger partial charge in [0.05, 0.1) is 12.5 Å². The fourth-order valence-corrected chi connectivity index (χ4v) is 2.86. The molecule has 3 N–H and O–H groups in total. The first kappa shape index (κ1) is 12.9. The van der Waals surface area contributed by atoms with Crippen LogP contribution in [0.15, 0.2) is 36.4 Å². The van der Waals surface area contributed by atoms with E-state index in [1.54, 1.807) is 0 Å². The van der Waals surface area contributed by atoms with Crippen molar-refractivity contribution >= 4 is 11.6 Å². The summed E-state index contributed by atoms with van der Waals surface area (Å²) >= 11 is 0. The van der Waals surface area contributed by atoms with E-state index in [1.165, 1.54) is 5.56 Å². The van der Waals surface area contributed by atoms with Gasteiger partial charge in [-0.15, -0.1) is 0 Å². The Balaban J connectivity index is 2.04. The lowest BCUT2D eigenvalue weighted by atomic mass is 9.92. The standard InChI is InChI=1S/C17H18N2O/c1-10-5-3-4-6-14(10)16(18)12-7-11(2)17-13(8-12)9-15(20)19-17/h3-8,16H,9,18H2,1-2H3,(H,19,20). The molecule has 1 atom stereocenters. The average molecular weight is 266 g/mol. The smallest absolute Gasteiger partial charge is 0.228 e. The molecule has 3 nitrogen and oxygen atoms in total. The second-order valence-corrected chi connectivity index (χ2v) is 5.43. The zero-order valence-corrected chi connectivity index (χ0v) is 11.7. The lowest BCUT2D eigenvalue weighted by molar-refractivity contribution is -0.115. The van der Waals surface area contributed by atoms with Crippen molar-refractivity contribution in [3.05, 3.63) is 64.2 Å². The van der Waals surface area contributed by atoms with Gasteiger partial charge in [-0.1, -0.05) is 36.4 Å². The third kappa shape index (κ3) is 2.10. The zero-order valence-electron chi connectivity index (χ0n) is 11.7. The van der Waals surface area contributed by atoms with Gasteiger partial charge >= 0.3 is 0 Å². The number of aryl methyl sites for hydroxylation is 2. The highest BCUT2D eigenvalue weighted by atomic mass is 16.1. The number of benzene rings is 2. The summed E-state index contributed by atoms with van der Waals surface area (Å²) in [5.74, 6) is 0.0599. The summed E-state index contributed by atoms with van der Waals surface area (Å²) in [7, 11) is 0. The summed E-state index contributed by atoms with van der Waals surface area (Å²) in [6.45, 7) is 4.08. The highest BCUT2D eigenvalue weighted by molar-refractivity contribution is 6.00. The molecule has 3 heteroatoms. The number of anilines is 1. The number of nitrogens with two attached hydrogens (primary N) is 1. The molecular formula is C17H18N2O. The molecule has 0 bridgehead atoms. The van der Waals surface area contributed by atoms with Gasteiger partial charge in [-0.05, 0) is 41.7 Å². The Labute approximate surface area is 118 Å². The van der Waals surface area contributed by atoms with Gasteiger partial charge in [0.2, 0.25) is 5.91 Å². The Hall–Kier alpha value is -2.13. The van der Waals surface area contributed by atoms with Crippen LogP contribution in [0.4, 0.5) is 5.69 Å². The Morgan fingerprint density at radius 3 is 2.65 bits per heavy atom. The molecule has 0 radical (unpaired) electrons. The molecule has 20 heavy (non-hydrogen) atoms. The minimum Gasteiger partial charge on any atom is -0.325 e. The summed E-state index contributed by atoms with van der Waals surface area (Å²) in [6.07, 6.45) is 0.449. The van der Waals surface area contributed by atoms with Gasteiger partial charge in [-0.2, -0.15) is 0 Å². The predicted molar refractivity (Wildman–Crippen MR) is 80.7 cm³/mol. The lowest BCUT2D eigenvalue weighted by Crippen LogP contribution is -2.13. The van der Waals surface area contributed by atoms with Crippen LogP contribution in [0.1, 0.15) is 33.9 Å². The van der Waals surface area contributed by atoms with Gasteiger partial charge in [0.25, 0.3) is 0 Å². The molecule has 1 aliphatic rings. The van der Waals surface area contributed by atoms with Crippen molar-refractivity contribution in [3.63, 3.8) is 0 Å². The number of carbonyl (C=O) groups excluding carboxylic acids is 1. The van der Waals surface area contributed by atoms with Crippen LogP contribution in [0.25, 0.3) is 0 Å². The van der Waals surface area contributed by atoms with Crippen molar-refractivity contribution in [2.45, 2.75) is 26.3 Å². The topological polar surface area (TPSA) is 55.1 Å². The van der Waals surface area contributed by atoms with E-state index in [0.29, 0.717) is 6.42 Å². The van der Waals surface area contributed by atoms with E-state index in [2.05, 4.69) is 36.5 Å². The fourth-order valence-electron chi connectivity index (χ4n) is 2.86. The van der Waals surface area contributed by atoms with Gasteiger partial charge in [-0.25, -0.2) is 0 Å². The monoisotopic (exact) mass is 266 g/mol. The first-order valence-corrected chi connectivity index (χ1v) is 6.80. The molecule has 0 fully saturated rings. The molecule has 1 heterocycles. The number of rotatable bonds is 2. The molecule has 0 spiro atoms. The van der Waals surface area contributed by atoms with Crippen LogP contribution in [0.5, 0.6) is 0 Å². The van der Waals surface area contributed by atoms with Crippen molar-refractivity contribution in [1.82, 2.24) is 0 Å². The highest BCUT2D eigenvalue weighted by Crippen LogP contribution is 2.32. The van der Waals surface area contributed by atoms with Gasteiger partial charge in [0.15, 0.2) is 0 Å². The maximum Gasteiger partial charge on any atom is 0.228 e. The highest BCUT2D eigenvalue weighted by Gasteiger charge is 2.22. The van der Waals surface area contributed by atoms with Crippen molar-refractivity contribution in [3.8, 4) is 0 Å². The molecule has 1 unspecified atom stereocenters. The molecule has 1 aliphatic heterocycles. The number of hydrogen-bond acceptors (Lipinski definition) is 2. The normalized spacial score (nSPS) is 14.8. The quantitative estimate of drug-likeness (QED) is 0.878. The Bertz CT molecular complexity index is 691. The Morgan fingerprint density at radius 1 is 1.15 bits per heavy atom. The third-order valence-electron chi connectivity index (χ3n) is 3.94. The Morgan fingerprint density at radius 2 is 1.90 bits per heavy atom. The molecule has 0 saturated heterocycles. The van der Waals surface area contributed by atoms with Crippen LogP contribution < -0.4 is 11.1 Å². The molecule has 1 amide bonds. The van der Waals surface area contributed by atoms with Crippen molar-refractivity contribution in [2.24, 2.45) is 5.73 Å². The molecule has 2 aromatic rings. The number of hydrogen-bond donors (Lipinski definition) is 2. The minimum absolute atomic E-state index is 0.0599. The van der Waals surface area contributed by atoms with Gasteiger partial charge in [-0.3, -0.25) is 4.79 Å². The number of nitrogens with one attached hydrogen (secondary N) is 1. The molecule has 0 saturated carbocycles. The second kappa shape index (κ2) is 4.76. The summed E-state index contributed by atoms with van der Waals surface area (Å²) in [4.78, 5) is 11.5. The van der Waals surface area contributed by atoms with Crippen LogP contribution in [0.3, 0.4) is 0 Å². The van der Waals surface area contributed by atoms with Crippen LogP contribution in [-0.2, 0) is 11.2 Å². The van der Waals surface area contributed by atoms with E-state index in [1.807, 2.05) is 19.1 Å². The number of amides is 1. The largest absolute Gasteiger partial charge is 0.325 e. The van der Waals surface area contributed by atoms with E-state index < -0.39 is 0 Å². The van der Waals surface area contributed by atoms with Crippen LogP contribution in [0, 0.1) is 13.8 Å². The molecule has 2 aromatic carbocycles. The summed E-state index contributed by atoms with van der Waals surface area (Å²) in [6, 6.07) is 12.1. The van der Waals surface area contributed by atoms with E-state index in [9.17, 15) is 4.79 Å². The Kier molecular flexibility index (Phi) is 3.07. The maximum absolute atomic E-state index is 11.5. The second-order valence-electron chi connectivity index (χ2n) is 5.43. The first-order valence-electron chi connectivity index (χ1n) is 6.80.